The fourth-order valence-electron chi connectivity index (χ4n) is 5.89. The minimum atomic E-state index is -2.16. The van der Waals surface area contributed by atoms with Crippen LogP contribution in [0.1, 0.15) is 16.7 Å². The standard InChI is InChI=1S/C22H16Br2N2O3.C15H8Br2N2O3.C7H7.BrH.Mg/c1-14-2-4-15(5-3-14)22(29)20(27)25(18-10-6-16(23)7-11-18)21(28)26(22)19-12-8-17(24)9-13-19;16-9-1-5-11(6-2-9)18-13(20)14(21)19(15(18)22)12-7-3-10(17)4-8-12;1-7-5-3-2-4-6-7;;/h2-13,29H,1H3;1-8H;3-6H,1H3;1H;/q;;-1;;+2/p-1. The van der Waals surface area contributed by atoms with Crippen LogP contribution in [0, 0.1) is 19.9 Å². The van der Waals surface area contributed by atoms with Gasteiger partial charge in [0.2, 0.25) is 0 Å². The van der Waals surface area contributed by atoms with Gasteiger partial charge in [-0.3, -0.25) is 19.3 Å². The van der Waals surface area contributed by atoms with Gasteiger partial charge in [-0.25, -0.2) is 24.3 Å². The molecule has 2 fully saturated rings. The minimum Gasteiger partial charge on any atom is -1.00 e. The Bertz CT molecular complexity index is 2410. The molecule has 1 unspecified atom stereocenters. The van der Waals surface area contributed by atoms with Crippen LogP contribution in [0.4, 0.5) is 32.3 Å². The summed E-state index contributed by atoms with van der Waals surface area (Å²) in [5, 5.41) is 11.7. The molecule has 10 nitrogen and oxygen atoms in total. The fourth-order valence-corrected chi connectivity index (χ4v) is 6.95. The molecule has 2 aliphatic rings. The number of aliphatic hydroxyl groups is 1. The van der Waals surface area contributed by atoms with E-state index in [9.17, 15) is 29.1 Å². The number of urea groups is 2. The van der Waals surface area contributed by atoms with Crippen molar-refractivity contribution in [3.8, 4) is 0 Å². The monoisotopic (exact) mass is 1130 g/mol. The number of nitrogens with zero attached hydrogens (tertiary/aromatic N) is 4. The summed E-state index contributed by atoms with van der Waals surface area (Å²) >= 11 is 13.3. The van der Waals surface area contributed by atoms with Gasteiger partial charge in [-0.15, -0.1) is 0 Å². The summed E-state index contributed by atoms with van der Waals surface area (Å²) in [6.45, 7) is 3.98. The second-order valence-electron chi connectivity index (χ2n) is 12.8. The number of anilines is 4. The van der Waals surface area contributed by atoms with E-state index in [0.29, 0.717) is 28.3 Å². The SMILES string of the molecule is Cc1cc[c-]cc1.Cc1ccc(C2(O)C(=O)N(c3ccc(Br)cc3)C(=O)N2c2ccc(Br)cc2)cc1.O=C1C(=O)N(c2ccc(Br)cc2)C(=O)N1c1ccc(Br)cc1.[Br-].[Mg+2]. The average Bonchev–Trinajstić information content (AvgIpc) is 3.56. The number of imide groups is 3. The van der Waals surface area contributed by atoms with E-state index in [1.807, 2.05) is 31.2 Å². The molecule has 2 aliphatic heterocycles. The zero-order valence-corrected chi connectivity index (χ0v) is 41.1. The second kappa shape index (κ2) is 21.2. The van der Waals surface area contributed by atoms with Crippen molar-refractivity contribution < 1.29 is 46.1 Å². The summed E-state index contributed by atoms with van der Waals surface area (Å²) < 4.78 is 3.26. The van der Waals surface area contributed by atoms with E-state index >= 15 is 0 Å². The van der Waals surface area contributed by atoms with Crippen molar-refractivity contribution in [1.29, 1.82) is 0 Å². The molecule has 60 heavy (non-hydrogen) atoms. The fraction of sp³-hybridized carbons (Fsp3) is 0.0682. The Kier molecular flexibility index (Phi) is 17.2. The quantitative estimate of drug-likeness (QED) is 0.0830. The molecule has 0 aromatic heterocycles. The molecule has 8 rings (SSSR count). The minimum absolute atomic E-state index is 0. The Morgan fingerprint density at radius 3 is 1.15 bits per heavy atom. The zero-order chi connectivity index (χ0) is 41.7. The topological polar surface area (TPSA) is 119 Å². The maximum absolute atomic E-state index is 13.5. The molecule has 0 saturated carbocycles. The van der Waals surface area contributed by atoms with E-state index in [0.717, 1.165) is 43.1 Å². The number of amides is 7. The van der Waals surface area contributed by atoms with Gasteiger partial charge in [0.05, 0.1) is 17.1 Å². The van der Waals surface area contributed by atoms with Gasteiger partial charge >= 0.3 is 46.9 Å². The number of benzene rings is 6. The molecule has 7 amide bonds. The zero-order valence-electron chi connectivity index (χ0n) is 31.7. The number of carbonyl (C=O) groups excluding carboxylic acids is 5. The van der Waals surface area contributed by atoms with Crippen LogP contribution in [0.25, 0.3) is 0 Å². The van der Waals surface area contributed by atoms with Crippen molar-refractivity contribution in [2.75, 3.05) is 19.6 Å². The summed E-state index contributed by atoms with van der Waals surface area (Å²) in [5.74, 6) is -2.46. The maximum atomic E-state index is 13.5. The smallest absolute Gasteiger partial charge is 1.00 e. The van der Waals surface area contributed by atoms with Crippen LogP contribution >= 0.6 is 63.7 Å². The van der Waals surface area contributed by atoms with Crippen LogP contribution < -0.4 is 36.6 Å². The first kappa shape index (κ1) is 48.7. The summed E-state index contributed by atoms with van der Waals surface area (Å²) in [6, 6.07) is 43.3. The predicted molar refractivity (Wildman–Crippen MR) is 243 cm³/mol. The average molecular weight is 1140 g/mol. The first-order valence-corrected chi connectivity index (χ1v) is 20.5. The molecule has 0 bridgehead atoms. The first-order valence-electron chi connectivity index (χ1n) is 17.4. The van der Waals surface area contributed by atoms with E-state index < -0.39 is 35.5 Å². The summed E-state index contributed by atoms with van der Waals surface area (Å²) in [6.07, 6.45) is 0. The van der Waals surface area contributed by atoms with Gasteiger partial charge in [-0.05, 0) is 104 Å². The van der Waals surface area contributed by atoms with E-state index in [-0.39, 0.29) is 40.0 Å². The van der Waals surface area contributed by atoms with Gasteiger partial charge < -0.3 is 22.1 Å². The van der Waals surface area contributed by atoms with Gasteiger partial charge in [-0.1, -0.05) is 100 Å². The molecule has 1 atom stereocenters. The van der Waals surface area contributed by atoms with E-state index in [1.165, 1.54) is 5.56 Å². The van der Waals surface area contributed by atoms with Crippen molar-refractivity contribution in [3.63, 3.8) is 0 Å². The molecule has 0 aliphatic carbocycles. The molecule has 0 spiro atoms. The number of rotatable bonds is 5. The number of hydrogen-bond donors (Lipinski definition) is 1. The molecule has 0 radical (unpaired) electrons. The van der Waals surface area contributed by atoms with Crippen LogP contribution in [0.2, 0.25) is 0 Å². The van der Waals surface area contributed by atoms with Gasteiger partial charge in [0.1, 0.15) is 0 Å². The van der Waals surface area contributed by atoms with Crippen LogP contribution in [0.5, 0.6) is 0 Å². The molecule has 16 heteroatoms. The summed E-state index contributed by atoms with van der Waals surface area (Å²) in [7, 11) is 0. The molecule has 1 N–H and O–H groups in total. The van der Waals surface area contributed by atoms with Crippen molar-refractivity contribution in [2.45, 2.75) is 19.6 Å². The van der Waals surface area contributed by atoms with Crippen molar-refractivity contribution in [2.24, 2.45) is 0 Å². The van der Waals surface area contributed by atoms with Gasteiger partial charge in [0.15, 0.2) is 0 Å². The molecular weight excluding hydrogens is 1100 g/mol. The normalized spacial score (nSPS) is 15.8. The van der Waals surface area contributed by atoms with E-state index in [4.69, 9.17) is 0 Å². The summed E-state index contributed by atoms with van der Waals surface area (Å²) in [5.41, 5.74) is 1.93. The Morgan fingerprint density at radius 2 is 0.800 bits per heavy atom. The van der Waals surface area contributed by atoms with Crippen LogP contribution in [0.15, 0.2) is 163 Å². The van der Waals surface area contributed by atoms with E-state index in [2.05, 4.69) is 76.7 Å². The molecule has 2 saturated heterocycles. The third kappa shape index (κ3) is 10.5. The summed E-state index contributed by atoms with van der Waals surface area (Å²) in [4.78, 5) is 67.5. The molecule has 2 heterocycles. The first-order chi connectivity index (χ1) is 27.7. The Balaban J connectivity index is 0.000000226. The van der Waals surface area contributed by atoms with Crippen LogP contribution in [-0.2, 0) is 20.1 Å². The second-order valence-corrected chi connectivity index (χ2v) is 16.5. The Labute approximate surface area is 407 Å². The van der Waals surface area contributed by atoms with Gasteiger partial charge in [-0.2, -0.15) is 35.9 Å². The third-order valence-corrected chi connectivity index (χ3v) is 11.0. The molecular formula is C44H31Br5MgN4O6. The Morgan fingerprint density at radius 1 is 0.467 bits per heavy atom. The van der Waals surface area contributed by atoms with Gasteiger partial charge in [0, 0.05) is 29.1 Å². The molecule has 6 aromatic carbocycles. The number of halogens is 5. The largest absolute Gasteiger partial charge is 2.00 e. The van der Waals surface area contributed by atoms with Crippen molar-refractivity contribution in [1.82, 2.24) is 0 Å². The van der Waals surface area contributed by atoms with Crippen LogP contribution in [0.3, 0.4) is 0 Å². The number of carbonyl (C=O) groups is 5. The molecule has 300 valence electrons. The molecule has 6 aromatic rings. The maximum Gasteiger partial charge on any atom is 2.00 e. The van der Waals surface area contributed by atoms with Crippen LogP contribution in [-0.4, -0.2) is 57.9 Å². The van der Waals surface area contributed by atoms with E-state index in [1.54, 1.807) is 121 Å². The van der Waals surface area contributed by atoms with Crippen molar-refractivity contribution >= 4 is 139 Å². The predicted octanol–water partition coefficient (Wildman–Crippen LogP) is 7.47. The van der Waals surface area contributed by atoms with Crippen molar-refractivity contribution in [3.05, 3.63) is 186 Å². The van der Waals surface area contributed by atoms with Gasteiger partial charge in [0.25, 0.3) is 11.6 Å². The number of aryl methyl sites for hydroxylation is 2. The number of hydrogen-bond acceptors (Lipinski definition) is 6. The third-order valence-electron chi connectivity index (χ3n) is 8.86. The Hall–Kier alpha value is -4.00.